The lowest BCUT2D eigenvalue weighted by atomic mass is 10.1. The number of hydrogen-bond acceptors (Lipinski definition) is 5. The van der Waals surface area contributed by atoms with Gasteiger partial charge < -0.3 is 4.74 Å². The molecule has 0 radical (unpaired) electrons. The minimum atomic E-state index is -0.535. The number of ether oxygens (including phenoxy) is 1. The molecule has 2 amide bonds. The third kappa shape index (κ3) is 3.98. The predicted octanol–water partition coefficient (Wildman–Crippen LogP) is 2.21. The first-order chi connectivity index (χ1) is 12.6. The monoisotopic (exact) mass is 371 g/mol. The zero-order chi connectivity index (χ0) is 18.5. The zero-order valence-corrected chi connectivity index (χ0v) is 14.4. The highest BCUT2D eigenvalue weighted by molar-refractivity contribution is 6.29. The van der Waals surface area contributed by atoms with E-state index >= 15 is 0 Å². The van der Waals surface area contributed by atoms with Crippen LogP contribution in [-0.2, 0) is 0 Å². The number of nitrogens with one attached hydrogen (secondary N) is 3. The van der Waals surface area contributed by atoms with Crippen LogP contribution in [0.25, 0.3) is 11.3 Å². The van der Waals surface area contributed by atoms with Crippen LogP contribution in [0.15, 0.2) is 48.7 Å². The molecule has 0 fully saturated rings. The Hall–Kier alpha value is -3.39. The highest BCUT2D eigenvalue weighted by Crippen LogP contribution is 2.21. The molecular formula is C17H14ClN5O3. The summed E-state index contributed by atoms with van der Waals surface area (Å²) < 4.78 is 5.10. The molecule has 0 bridgehead atoms. The fraction of sp³-hybridized carbons (Fsp3) is 0.0588. The Morgan fingerprint density at radius 2 is 1.81 bits per heavy atom. The molecule has 0 saturated carbocycles. The minimum absolute atomic E-state index is 0.199. The van der Waals surface area contributed by atoms with E-state index < -0.39 is 11.8 Å². The number of carbonyl (C=O) groups is 2. The van der Waals surface area contributed by atoms with Crippen LogP contribution in [0.3, 0.4) is 0 Å². The number of hydrogen-bond donors (Lipinski definition) is 3. The summed E-state index contributed by atoms with van der Waals surface area (Å²) in [6.07, 6.45) is 1.31. The molecule has 0 aliphatic carbocycles. The number of benzene rings is 1. The minimum Gasteiger partial charge on any atom is -0.497 e. The van der Waals surface area contributed by atoms with Crippen molar-refractivity contribution in [3.05, 3.63) is 65.1 Å². The Labute approximate surface area is 153 Å². The van der Waals surface area contributed by atoms with Crippen molar-refractivity contribution in [1.29, 1.82) is 0 Å². The van der Waals surface area contributed by atoms with Crippen LogP contribution >= 0.6 is 11.6 Å². The largest absolute Gasteiger partial charge is 0.497 e. The number of aromatic nitrogens is 3. The van der Waals surface area contributed by atoms with Crippen LogP contribution in [0.2, 0.25) is 5.15 Å². The van der Waals surface area contributed by atoms with Gasteiger partial charge in [0.25, 0.3) is 11.8 Å². The van der Waals surface area contributed by atoms with Gasteiger partial charge in [-0.05, 0) is 42.5 Å². The molecule has 2 aromatic heterocycles. The van der Waals surface area contributed by atoms with Crippen molar-refractivity contribution < 1.29 is 14.3 Å². The summed E-state index contributed by atoms with van der Waals surface area (Å²) in [5, 5.41) is 7.00. The molecule has 2 heterocycles. The van der Waals surface area contributed by atoms with Gasteiger partial charge in [0.1, 0.15) is 16.6 Å². The lowest BCUT2D eigenvalue weighted by molar-refractivity contribution is 0.0843. The van der Waals surface area contributed by atoms with Gasteiger partial charge in [-0.1, -0.05) is 11.6 Å². The number of rotatable bonds is 4. The SMILES string of the molecule is COc1ccc(-c2cc(C(=O)NNC(=O)c3ccc(Cl)nc3)[nH]n2)cc1. The average molecular weight is 372 g/mol. The summed E-state index contributed by atoms with van der Waals surface area (Å²) in [6, 6.07) is 11.8. The summed E-state index contributed by atoms with van der Waals surface area (Å²) in [4.78, 5) is 27.9. The highest BCUT2D eigenvalue weighted by Gasteiger charge is 2.13. The van der Waals surface area contributed by atoms with E-state index in [1.54, 1.807) is 25.3 Å². The van der Waals surface area contributed by atoms with Gasteiger partial charge in [0, 0.05) is 11.8 Å². The number of pyridine rings is 1. The fourth-order valence-corrected chi connectivity index (χ4v) is 2.22. The fourth-order valence-electron chi connectivity index (χ4n) is 2.11. The van der Waals surface area contributed by atoms with E-state index in [0.717, 1.165) is 11.3 Å². The van der Waals surface area contributed by atoms with Crippen molar-refractivity contribution in [3.8, 4) is 17.0 Å². The van der Waals surface area contributed by atoms with E-state index in [-0.39, 0.29) is 16.4 Å². The summed E-state index contributed by atoms with van der Waals surface area (Å²) in [5.74, 6) is -0.327. The summed E-state index contributed by atoms with van der Waals surface area (Å²) in [7, 11) is 1.58. The van der Waals surface area contributed by atoms with Crippen molar-refractivity contribution >= 4 is 23.4 Å². The predicted molar refractivity (Wildman–Crippen MR) is 94.8 cm³/mol. The van der Waals surface area contributed by atoms with Gasteiger partial charge in [-0.25, -0.2) is 4.98 Å². The van der Waals surface area contributed by atoms with Crippen LogP contribution in [0, 0.1) is 0 Å². The second-order valence-corrected chi connectivity index (χ2v) is 5.56. The molecule has 8 nitrogen and oxygen atoms in total. The van der Waals surface area contributed by atoms with Crippen molar-refractivity contribution in [1.82, 2.24) is 26.0 Å². The molecule has 0 spiro atoms. The Kier molecular flexibility index (Phi) is 5.14. The first-order valence-electron chi connectivity index (χ1n) is 7.49. The number of amides is 2. The Morgan fingerprint density at radius 1 is 1.08 bits per heavy atom. The van der Waals surface area contributed by atoms with E-state index in [2.05, 4.69) is 26.0 Å². The van der Waals surface area contributed by atoms with Gasteiger partial charge in [-0.2, -0.15) is 5.10 Å². The molecule has 132 valence electrons. The lowest BCUT2D eigenvalue weighted by Crippen LogP contribution is -2.41. The molecule has 3 rings (SSSR count). The van der Waals surface area contributed by atoms with Crippen LogP contribution in [0.4, 0.5) is 0 Å². The second-order valence-electron chi connectivity index (χ2n) is 5.17. The number of aromatic amines is 1. The summed E-state index contributed by atoms with van der Waals surface area (Å²) in [6.45, 7) is 0. The molecule has 0 aliphatic rings. The van der Waals surface area contributed by atoms with E-state index in [1.165, 1.54) is 18.3 Å². The first-order valence-corrected chi connectivity index (χ1v) is 7.86. The molecular weight excluding hydrogens is 358 g/mol. The Balaban J connectivity index is 1.62. The number of H-pyrrole nitrogens is 1. The van der Waals surface area contributed by atoms with Crippen molar-refractivity contribution in [2.75, 3.05) is 7.11 Å². The number of carbonyl (C=O) groups excluding carboxylic acids is 2. The van der Waals surface area contributed by atoms with Gasteiger partial charge in [0.05, 0.1) is 18.4 Å². The topological polar surface area (TPSA) is 109 Å². The van der Waals surface area contributed by atoms with Crippen LogP contribution in [0.5, 0.6) is 5.75 Å². The van der Waals surface area contributed by atoms with Crippen LogP contribution < -0.4 is 15.6 Å². The molecule has 3 N–H and O–H groups in total. The molecule has 0 saturated heterocycles. The van der Waals surface area contributed by atoms with Crippen LogP contribution in [-0.4, -0.2) is 34.1 Å². The maximum absolute atomic E-state index is 12.1. The zero-order valence-electron chi connectivity index (χ0n) is 13.6. The standard InChI is InChI=1S/C17H14ClN5O3/c1-26-12-5-2-10(3-6-12)13-8-14(21-20-13)17(25)23-22-16(24)11-4-7-15(18)19-9-11/h2-9H,1H3,(H,20,21)(H,22,24)(H,23,25). The van der Waals surface area contributed by atoms with E-state index in [4.69, 9.17) is 16.3 Å². The summed E-state index contributed by atoms with van der Waals surface area (Å²) >= 11 is 5.66. The number of halogens is 1. The molecule has 0 atom stereocenters. The maximum Gasteiger partial charge on any atom is 0.287 e. The highest BCUT2D eigenvalue weighted by atomic mass is 35.5. The summed E-state index contributed by atoms with van der Waals surface area (Å²) in [5.41, 5.74) is 6.47. The molecule has 9 heteroatoms. The number of methoxy groups -OCH3 is 1. The average Bonchev–Trinajstić information content (AvgIpc) is 3.17. The van der Waals surface area contributed by atoms with Crippen molar-refractivity contribution in [3.63, 3.8) is 0 Å². The number of hydrazine groups is 1. The lowest BCUT2D eigenvalue weighted by Gasteiger charge is -2.05. The maximum atomic E-state index is 12.1. The second kappa shape index (κ2) is 7.66. The molecule has 3 aromatic rings. The Morgan fingerprint density at radius 3 is 2.46 bits per heavy atom. The Bertz CT molecular complexity index is 922. The van der Waals surface area contributed by atoms with E-state index in [1.807, 2.05) is 12.1 Å². The van der Waals surface area contributed by atoms with Gasteiger partial charge in [-0.15, -0.1) is 0 Å². The van der Waals surface area contributed by atoms with Gasteiger partial charge in [0.15, 0.2) is 0 Å². The quantitative estimate of drug-likeness (QED) is 0.481. The molecule has 1 aromatic carbocycles. The van der Waals surface area contributed by atoms with Gasteiger partial charge in [-0.3, -0.25) is 25.5 Å². The van der Waals surface area contributed by atoms with Crippen molar-refractivity contribution in [2.45, 2.75) is 0 Å². The third-order valence-electron chi connectivity index (χ3n) is 3.49. The smallest absolute Gasteiger partial charge is 0.287 e. The number of nitrogens with zero attached hydrogens (tertiary/aromatic N) is 2. The van der Waals surface area contributed by atoms with E-state index in [9.17, 15) is 9.59 Å². The normalized spacial score (nSPS) is 10.2. The van der Waals surface area contributed by atoms with E-state index in [0.29, 0.717) is 5.69 Å². The molecule has 0 aliphatic heterocycles. The van der Waals surface area contributed by atoms with Gasteiger partial charge >= 0.3 is 0 Å². The molecule has 26 heavy (non-hydrogen) atoms. The third-order valence-corrected chi connectivity index (χ3v) is 3.71. The first kappa shape index (κ1) is 17.4. The van der Waals surface area contributed by atoms with Crippen LogP contribution in [0.1, 0.15) is 20.8 Å². The van der Waals surface area contributed by atoms with Gasteiger partial charge in [0.2, 0.25) is 0 Å². The molecule has 0 unspecified atom stereocenters. The van der Waals surface area contributed by atoms with Crippen molar-refractivity contribution in [2.24, 2.45) is 0 Å².